The summed E-state index contributed by atoms with van der Waals surface area (Å²) in [6, 6.07) is 4.15. The number of ketones is 1. The Morgan fingerprint density at radius 3 is 2.80 bits per heavy atom. The fourth-order valence-electron chi connectivity index (χ4n) is 1.72. The van der Waals surface area contributed by atoms with E-state index in [0.717, 1.165) is 24.8 Å². The number of halogens is 2. The summed E-state index contributed by atoms with van der Waals surface area (Å²) in [4.78, 5) is 11.8. The summed E-state index contributed by atoms with van der Waals surface area (Å²) in [5.41, 5.74) is 0.837. The first-order chi connectivity index (χ1) is 7.18. The van der Waals surface area contributed by atoms with Gasteiger partial charge in [-0.05, 0) is 43.0 Å². The molecule has 0 saturated heterocycles. The van der Waals surface area contributed by atoms with Crippen molar-refractivity contribution in [2.45, 2.75) is 19.3 Å². The van der Waals surface area contributed by atoms with Crippen molar-refractivity contribution < 1.29 is 9.18 Å². The van der Waals surface area contributed by atoms with Crippen LogP contribution in [0.3, 0.4) is 0 Å². The second kappa shape index (κ2) is 4.15. The van der Waals surface area contributed by atoms with Crippen molar-refractivity contribution in [1.82, 2.24) is 0 Å². The van der Waals surface area contributed by atoms with Crippen molar-refractivity contribution >= 4 is 17.4 Å². The number of rotatable bonds is 2. The van der Waals surface area contributed by atoms with Crippen LogP contribution < -0.4 is 0 Å². The molecule has 0 heterocycles. The molecule has 1 aromatic carbocycles. The van der Waals surface area contributed by atoms with Gasteiger partial charge in [-0.2, -0.15) is 0 Å². The smallest absolute Gasteiger partial charge is 0.191 e. The maximum absolute atomic E-state index is 13.4. The van der Waals surface area contributed by atoms with E-state index in [1.54, 1.807) is 0 Å². The van der Waals surface area contributed by atoms with Gasteiger partial charge in [0.2, 0.25) is 0 Å². The van der Waals surface area contributed by atoms with Crippen molar-refractivity contribution in [1.29, 1.82) is 0 Å². The Balaban J connectivity index is 2.33. The normalized spacial score (nSPS) is 15.2. The predicted octanol–water partition coefficient (Wildman–Crippen LogP) is 3.77. The van der Waals surface area contributed by atoms with E-state index in [1.807, 2.05) is 6.08 Å². The maximum Gasteiger partial charge on any atom is 0.191 e. The fourth-order valence-corrected chi connectivity index (χ4v) is 1.88. The summed E-state index contributed by atoms with van der Waals surface area (Å²) >= 11 is 5.62. The van der Waals surface area contributed by atoms with E-state index < -0.39 is 5.82 Å². The molecule has 0 N–H and O–H groups in total. The SMILES string of the molecule is O=C(C1=CCCC1)c1ccc(Cl)cc1F. The van der Waals surface area contributed by atoms with Crippen molar-refractivity contribution in [2.24, 2.45) is 0 Å². The average molecular weight is 225 g/mol. The Bertz CT molecular complexity index is 437. The minimum atomic E-state index is -0.541. The summed E-state index contributed by atoms with van der Waals surface area (Å²) in [5, 5.41) is 0.310. The third kappa shape index (κ3) is 2.10. The first-order valence-corrected chi connectivity index (χ1v) is 5.25. The van der Waals surface area contributed by atoms with Gasteiger partial charge in [0.25, 0.3) is 0 Å². The lowest BCUT2D eigenvalue weighted by molar-refractivity contribution is 0.102. The summed E-state index contributed by atoms with van der Waals surface area (Å²) in [7, 11) is 0. The van der Waals surface area contributed by atoms with Crippen LogP contribution in [-0.2, 0) is 0 Å². The van der Waals surface area contributed by atoms with Gasteiger partial charge in [-0.15, -0.1) is 0 Å². The van der Waals surface area contributed by atoms with Crippen LogP contribution >= 0.6 is 11.6 Å². The zero-order valence-corrected chi connectivity index (χ0v) is 8.85. The minimum Gasteiger partial charge on any atom is -0.289 e. The second-order valence-electron chi connectivity index (χ2n) is 3.57. The monoisotopic (exact) mass is 224 g/mol. The Hall–Kier alpha value is -1.15. The molecule has 0 atom stereocenters. The molecule has 0 bridgehead atoms. The van der Waals surface area contributed by atoms with Crippen LogP contribution in [0.15, 0.2) is 29.8 Å². The third-order valence-electron chi connectivity index (χ3n) is 2.51. The van der Waals surface area contributed by atoms with Crippen LogP contribution in [0.1, 0.15) is 29.6 Å². The van der Waals surface area contributed by atoms with Crippen LogP contribution in [0.4, 0.5) is 4.39 Å². The summed E-state index contributed by atoms with van der Waals surface area (Å²) in [6.45, 7) is 0. The second-order valence-corrected chi connectivity index (χ2v) is 4.01. The average Bonchev–Trinajstić information content (AvgIpc) is 2.69. The summed E-state index contributed by atoms with van der Waals surface area (Å²) < 4.78 is 13.4. The van der Waals surface area contributed by atoms with Gasteiger partial charge in [0, 0.05) is 5.02 Å². The van der Waals surface area contributed by atoms with Gasteiger partial charge < -0.3 is 0 Å². The highest BCUT2D eigenvalue weighted by Crippen LogP contribution is 2.24. The van der Waals surface area contributed by atoms with Gasteiger partial charge in [0.05, 0.1) is 5.56 Å². The first-order valence-electron chi connectivity index (χ1n) is 4.87. The Kier molecular flexibility index (Phi) is 2.87. The van der Waals surface area contributed by atoms with Crippen LogP contribution in [-0.4, -0.2) is 5.78 Å². The molecule has 15 heavy (non-hydrogen) atoms. The number of carbonyl (C=O) groups excluding carboxylic acids is 1. The van der Waals surface area contributed by atoms with Crippen molar-refractivity contribution in [3.63, 3.8) is 0 Å². The third-order valence-corrected chi connectivity index (χ3v) is 2.74. The number of Topliss-reactive ketones (excluding diaryl/α,β-unsaturated/α-hetero) is 1. The lowest BCUT2D eigenvalue weighted by Gasteiger charge is -2.03. The largest absolute Gasteiger partial charge is 0.289 e. The minimum absolute atomic E-state index is 0.118. The number of hydrogen-bond donors (Lipinski definition) is 0. The van der Waals surface area contributed by atoms with Crippen LogP contribution in [0.2, 0.25) is 5.02 Å². The highest BCUT2D eigenvalue weighted by molar-refractivity contribution is 6.30. The van der Waals surface area contributed by atoms with E-state index in [-0.39, 0.29) is 11.3 Å². The molecule has 1 aliphatic rings. The first kappa shape index (κ1) is 10.4. The number of carbonyl (C=O) groups is 1. The highest BCUT2D eigenvalue weighted by atomic mass is 35.5. The van der Waals surface area contributed by atoms with Crippen LogP contribution in [0, 0.1) is 5.82 Å². The molecule has 1 aromatic rings. The van der Waals surface area contributed by atoms with Crippen molar-refractivity contribution in [2.75, 3.05) is 0 Å². The maximum atomic E-state index is 13.4. The zero-order chi connectivity index (χ0) is 10.8. The molecule has 0 amide bonds. The number of benzene rings is 1. The van der Waals surface area contributed by atoms with E-state index in [4.69, 9.17) is 11.6 Å². The molecule has 0 aliphatic heterocycles. The molecule has 78 valence electrons. The Morgan fingerprint density at radius 1 is 1.40 bits per heavy atom. The molecule has 2 rings (SSSR count). The topological polar surface area (TPSA) is 17.1 Å². The van der Waals surface area contributed by atoms with Gasteiger partial charge in [-0.1, -0.05) is 17.7 Å². The standard InChI is InChI=1S/C12H10ClFO/c13-9-5-6-10(11(14)7-9)12(15)8-3-1-2-4-8/h3,5-7H,1-2,4H2. The van der Waals surface area contributed by atoms with Gasteiger partial charge in [-0.3, -0.25) is 4.79 Å². The lowest BCUT2D eigenvalue weighted by Crippen LogP contribution is -2.04. The molecule has 0 unspecified atom stereocenters. The van der Waals surface area contributed by atoms with E-state index >= 15 is 0 Å². The van der Waals surface area contributed by atoms with Gasteiger partial charge in [-0.25, -0.2) is 4.39 Å². The fraction of sp³-hybridized carbons (Fsp3) is 0.250. The molecule has 1 nitrogen and oxygen atoms in total. The Labute approximate surface area is 92.6 Å². The molecule has 0 aromatic heterocycles. The molecule has 0 fully saturated rings. The van der Waals surface area contributed by atoms with E-state index in [1.165, 1.54) is 18.2 Å². The van der Waals surface area contributed by atoms with Gasteiger partial charge in [0.1, 0.15) is 5.82 Å². The Morgan fingerprint density at radius 2 is 2.20 bits per heavy atom. The number of hydrogen-bond acceptors (Lipinski definition) is 1. The summed E-state index contributed by atoms with van der Waals surface area (Å²) in [6.07, 6.45) is 4.53. The summed E-state index contributed by atoms with van der Waals surface area (Å²) in [5.74, 6) is -0.748. The molecule has 1 aliphatic carbocycles. The lowest BCUT2D eigenvalue weighted by atomic mass is 10.0. The molecule has 3 heteroatoms. The number of allylic oxidation sites excluding steroid dienone is 2. The zero-order valence-electron chi connectivity index (χ0n) is 8.09. The van der Waals surface area contributed by atoms with Crippen LogP contribution in [0.5, 0.6) is 0 Å². The van der Waals surface area contributed by atoms with Crippen LogP contribution in [0.25, 0.3) is 0 Å². The molecular weight excluding hydrogens is 215 g/mol. The molecule has 0 spiro atoms. The predicted molar refractivity (Wildman–Crippen MR) is 57.7 cm³/mol. The molecule has 0 saturated carbocycles. The quantitative estimate of drug-likeness (QED) is 0.699. The van der Waals surface area contributed by atoms with E-state index in [9.17, 15) is 9.18 Å². The van der Waals surface area contributed by atoms with E-state index in [0.29, 0.717) is 5.02 Å². The van der Waals surface area contributed by atoms with Gasteiger partial charge in [0.15, 0.2) is 5.78 Å². The highest BCUT2D eigenvalue weighted by Gasteiger charge is 2.18. The van der Waals surface area contributed by atoms with Gasteiger partial charge >= 0.3 is 0 Å². The van der Waals surface area contributed by atoms with Crippen molar-refractivity contribution in [3.05, 3.63) is 46.3 Å². The van der Waals surface area contributed by atoms with Crippen molar-refractivity contribution in [3.8, 4) is 0 Å². The molecular formula is C12H10ClFO. The van der Waals surface area contributed by atoms with E-state index in [2.05, 4.69) is 0 Å². The molecule has 0 radical (unpaired) electrons.